The zero-order chi connectivity index (χ0) is 9.52. The quantitative estimate of drug-likeness (QED) is 0.644. The van der Waals surface area contributed by atoms with Crippen molar-refractivity contribution in [2.24, 2.45) is 0 Å². The lowest BCUT2D eigenvalue weighted by Crippen LogP contribution is -1.97. The molecule has 0 atom stereocenters. The van der Waals surface area contributed by atoms with E-state index in [0.29, 0.717) is 6.61 Å². The van der Waals surface area contributed by atoms with Gasteiger partial charge in [-0.3, -0.25) is 0 Å². The molecule has 0 saturated heterocycles. The van der Waals surface area contributed by atoms with Crippen LogP contribution in [0.3, 0.4) is 0 Å². The fourth-order valence-electron chi connectivity index (χ4n) is 1.08. The number of hydrogen-bond acceptors (Lipinski definition) is 2. The first kappa shape index (κ1) is 10.1. The second-order valence-corrected chi connectivity index (χ2v) is 2.71. The third-order valence-electron chi connectivity index (χ3n) is 1.84. The molecule has 0 aliphatic heterocycles. The SMILES string of the molecule is [CH2]COCCc1ccc(OC)cc1. The highest BCUT2D eigenvalue weighted by Crippen LogP contribution is 2.11. The standard InChI is InChI=1S/C11H15O2/c1-3-13-9-8-10-4-6-11(12-2)7-5-10/h4-7H,1,3,8-9H2,2H3. The number of hydrogen-bond donors (Lipinski definition) is 0. The normalized spacial score (nSPS) is 10.0. The minimum Gasteiger partial charge on any atom is -0.497 e. The average Bonchev–Trinajstić information content (AvgIpc) is 2.19. The fourth-order valence-corrected chi connectivity index (χ4v) is 1.08. The van der Waals surface area contributed by atoms with E-state index in [9.17, 15) is 0 Å². The Balaban J connectivity index is 2.40. The zero-order valence-corrected chi connectivity index (χ0v) is 7.95. The van der Waals surface area contributed by atoms with Gasteiger partial charge < -0.3 is 9.47 Å². The van der Waals surface area contributed by atoms with Crippen molar-refractivity contribution < 1.29 is 9.47 Å². The number of ether oxygens (including phenoxy) is 2. The Morgan fingerprint density at radius 1 is 1.23 bits per heavy atom. The van der Waals surface area contributed by atoms with E-state index in [1.165, 1.54) is 5.56 Å². The summed E-state index contributed by atoms with van der Waals surface area (Å²) in [6, 6.07) is 8.01. The van der Waals surface area contributed by atoms with Gasteiger partial charge >= 0.3 is 0 Å². The molecular weight excluding hydrogens is 164 g/mol. The van der Waals surface area contributed by atoms with Gasteiger partial charge in [0, 0.05) is 6.61 Å². The third kappa shape index (κ3) is 3.47. The first-order chi connectivity index (χ1) is 6.36. The molecule has 13 heavy (non-hydrogen) atoms. The Labute approximate surface area is 79.5 Å². The summed E-state index contributed by atoms with van der Waals surface area (Å²) in [5.41, 5.74) is 1.26. The molecule has 0 amide bonds. The molecule has 0 N–H and O–H groups in total. The van der Waals surface area contributed by atoms with Gasteiger partial charge in [-0.2, -0.15) is 0 Å². The second kappa shape index (κ2) is 5.60. The molecule has 1 radical (unpaired) electrons. The van der Waals surface area contributed by atoms with Crippen molar-refractivity contribution in [1.29, 1.82) is 0 Å². The monoisotopic (exact) mass is 179 g/mol. The molecular formula is C11H15O2. The van der Waals surface area contributed by atoms with Gasteiger partial charge in [-0.1, -0.05) is 12.1 Å². The van der Waals surface area contributed by atoms with E-state index in [1.54, 1.807) is 7.11 Å². The molecule has 0 unspecified atom stereocenters. The van der Waals surface area contributed by atoms with Crippen LogP contribution in [0.25, 0.3) is 0 Å². The summed E-state index contributed by atoms with van der Waals surface area (Å²) in [6.45, 7) is 4.87. The Kier molecular flexibility index (Phi) is 4.33. The topological polar surface area (TPSA) is 18.5 Å². The maximum Gasteiger partial charge on any atom is 0.118 e. The maximum absolute atomic E-state index is 5.15. The molecule has 1 aromatic rings. The Morgan fingerprint density at radius 2 is 1.92 bits per heavy atom. The molecule has 0 saturated carbocycles. The Hall–Kier alpha value is -1.02. The molecule has 71 valence electrons. The van der Waals surface area contributed by atoms with Crippen LogP contribution in [0, 0.1) is 6.92 Å². The van der Waals surface area contributed by atoms with Crippen LogP contribution in [0.1, 0.15) is 5.56 Å². The van der Waals surface area contributed by atoms with Crippen molar-refractivity contribution in [3.63, 3.8) is 0 Å². The highest BCUT2D eigenvalue weighted by atomic mass is 16.5. The van der Waals surface area contributed by atoms with Gasteiger partial charge in [0.1, 0.15) is 5.75 Å². The molecule has 1 aromatic carbocycles. The smallest absolute Gasteiger partial charge is 0.118 e. The van der Waals surface area contributed by atoms with Crippen LogP contribution in [-0.4, -0.2) is 20.3 Å². The van der Waals surface area contributed by atoms with Crippen molar-refractivity contribution in [1.82, 2.24) is 0 Å². The first-order valence-electron chi connectivity index (χ1n) is 4.36. The summed E-state index contributed by atoms with van der Waals surface area (Å²) >= 11 is 0. The lowest BCUT2D eigenvalue weighted by Gasteiger charge is -2.03. The molecule has 2 nitrogen and oxygen atoms in total. The first-order valence-corrected chi connectivity index (χ1v) is 4.36. The molecule has 0 fully saturated rings. The highest BCUT2D eigenvalue weighted by molar-refractivity contribution is 5.27. The summed E-state index contributed by atoms with van der Waals surface area (Å²) in [4.78, 5) is 0. The van der Waals surface area contributed by atoms with E-state index < -0.39 is 0 Å². The fraction of sp³-hybridized carbons (Fsp3) is 0.364. The van der Waals surface area contributed by atoms with Gasteiger partial charge in [0.15, 0.2) is 0 Å². The Bertz CT molecular complexity index is 228. The minimum atomic E-state index is 0.538. The van der Waals surface area contributed by atoms with E-state index in [0.717, 1.165) is 18.8 Å². The lowest BCUT2D eigenvalue weighted by atomic mass is 10.1. The molecule has 0 aliphatic carbocycles. The largest absolute Gasteiger partial charge is 0.497 e. The number of benzene rings is 1. The van der Waals surface area contributed by atoms with Crippen LogP contribution in [-0.2, 0) is 11.2 Å². The molecule has 0 spiro atoms. The maximum atomic E-state index is 5.15. The molecule has 0 heterocycles. The van der Waals surface area contributed by atoms with Crippen LogP contribution in [0.2, 0.25) is 0 Å². The van der Waals surface area contributed by atoms with E-state index in [2.05, 4.69) is 6.92 Å². The van der Waals surface area contributed by atoms with Crippen molar-refractivity contribution in [3.05, 3.63) is 36.8 Å². The molecule has 0 aliphatic rings. The van der Waals surface area contributed by atoms with Crippen molar-refractivity contribution in [2.45, 2.75) is 6.42 Å². The number of rotatable bonds is 5. The second-order valence-electron chi connectivity index (χ2n) is 2.71. The minimum absolute atomic E-state index is 0.538. The van der Waals surface area contributed by atoms with Gasteiger partial charge in [-0.25, -0.2) is 0 Å². The van der Waals surface area contributed by atoms with E-state index in [4.69, 9.17) is 9.47 Å². The van der Waals surface area contributed by atoms with E-state index in [1.807, 2.05) is 24.3 Å². The van der Waals surface area contributed by atoms with Gasteiger partial charge in [0.25, 0.3) is 0 Å². The van der Waals surface area contributed by atoms with Crippen molar-refractivity contribution in [2.75, 3.05) is 20.3 Å². The summed E-state index contributed by atoms with van der Waals surface area (Å²) in [7, 11) is 1.67. The Morgan fingerprint density at radius 3 is 2.46 bits per heavy atom. The van der Waals surface area contributed by atoms with Gasteiger partial charge in [0.2, 0.25) is 0 Å². The van der Waals surface area contributed by atoms with Crippen molar-refractivity contribution in [3.8, 4) is 5.75 Å². The number of methoxy groups -OCH3 is 1. The van der Waals surface area contributed by atoms with Gasteiger partial charge in [-0.05, 0) is 31.0 Å². The van der Waals surface area contributed by atoms with E-state index >= 15 is 0 Å². The lowest BCUT2D eigenvalue weighted by molar-refractivity contribution is 0.164. The molecule has 1 rings (SSSR count). The van der Waals surface area contributed by atoms with Crippen LogP contribution < -0.4 is 4.74 Å². The average molecular weight is 179 g/mol. The molecule has 2 heteroatoms. The summed E-state index contributed by atoms with van der Waals surface area (Å²) in [5.74, 6) is 0.891. The summed E-state index contributed by atoms with van der Waals surface area (Å²) in [6.07, 6.45) is 0.930. The highest BCUT2D eigenvalue weighted by Gasteiger charge is 1.93. The summed E-state index contributed by atoms with van der Waals surface area (Å²) in [5, 5.41) is 0. The van der Waals surface area contributed by atoms with Crippen LogP contribution in [0.5, 0.6) is 5.75 Å². The molecule has 0 aromatic heterocycles. The van der Waals surface area contributed by atoms with Gasteiger partial charge in [-0.15, -0.1) is 0 Å². The third-order valence-corrected chi connectivity index (χ3v) is 1.84. The summed E-state index contributed by atoms with van der Waals surface area (Å²) < 4.78 is 10.2. The van der Waals surface area contributed by atoms with Gasteiger partial charge in [0.05, 0.1) is 13.7 Å². The predicted molar refractivity (Wildman–Crippen MR) is 52.9 cm³/mol. The van der Waals surface area contributed by atoms with E-state index in [-0.39, 0.29) is 0 Å². The molecule has 0 bridgehead atoms. The zero-order valence-electron chi connectivity index (χ0n) is 7.95. The van der Waals surface area contributed by atoms with Crippen LogP contribution in [0.15, 0.2) is 24.3 Å². The van der Waals surface area contributed by atoms with Crippen LogP contribution in [0.4, 0.5) is 0 Å². The predicted octanol–water partition coefficient (Wildman–Crippen LogP) is 2.09. The van der Waals surface area contributed by atoms with Crippen molar-refractivity contribution >= 4 is 0 Å². The van der Waals surface area contributed by atoms with Crippen LogP contribution >= 0.6 is 0 Å².